The van der Waals surface area contributed by atoms with Crippen LogP contribution in [0.15, 0.2) is 48.5 Å². The first kappa shape index (κ1) is 15.9. The molecule has 0 saturated heterocycles. The third-order valence-electron chi connectivity index (χ3n) is 5.28. The van der Waals surface area contributed by atoms with Crippen molar-refractivity contribution in [1.29, 1.82) is 0 Å². The molecule has 2 heteroatoms. The van der Waals surface area contributed by atoms with Gasteiger partial charge < -0.3 is 0 Å². The first-order valence-electron chi connectivity index (χ1n) is 8.89. The van der Waals surface area contributed by atoms with E-state index >= 15 is 0 Å². The van der Waals surface area contributed by atoms with Crippen LogP contribution >= 0.6 is 0 Å². The van der Waals surface area contributed by atoms with Gasteiger partial charge in [-0.25, -0.2) is 0 Å². The highest BCUT2D eigenvalue weighted by atomic mass is 28.3. The first-order valence-corrected chi connectivity index (χ1v) is 15.9. The maximum atomic E-state index is 2.45. The first-order chi connectivity index (χ1) is 11.2. The molecule has 0 fully saturated rings. The molecule has 0 amide bonds. The Bertz CT molecular complexity index is 976. The van der Waals surface area contributed by atoms with E-state index in [1.807, 2.05) is 0 Å². The standard InChI is InChI=1S/C22H26Si2/c1-23(2,3)19-13-9-15-7-8-16-10-14-20(24(4,5)6)18-12-11-17(19)21(15)22(16)18/h7-14H,1-6H3. The summed E-state index contributed by atoms with van der Waals surface area (Å²) < 4.78 is 0. The molecule has 0 aliphatic rings. The Morgan fingerprint density at radius 1 is 0.458 bits per heavy atom. The Balaban J connectivity index is 2.26. The van der Waals surface area contributed by atoms with Gasteiger partial charge in [-0.3, -0.25) is 0 Å². The third kappa shape index (κ3) is 2.24. The molecule has 0 nitrogen and oxygen atoms in total. The second kappa shape index (κ2) is 4.93. The molecule has 0 saturated carbocycles. The van der Waals surface area contributed by atoms with E-state index in [4.69, 9.17) is 0 Å². The van der Waals surface area contributed by atoms with Crippen molar-refractivity contribution in [3.8, 4) is 0 Å². The Morgan fingerprint density at radius 3 is 1.12 bits per heavy atom. The highest BCUT2D eigenvalue weighted by Crippen LogP contribution is 2.34. The van der Waals surface area contributed by atoms with Crippen molar-refractivity contribution in [1.82, 2.24) is 0 Å². The quantitative estimate of drug-likeness (QED) is 0.324. The highest BCUT2D eigenvalue weighted by Gasteiger charge is 2.24. The second-order valence-electron chi connectivity index (χ2n) is 9.15. The van der Waals surface area contributed by atoms with Gasteiger partial charge in [0.15, 0.2) is 0 Å². The van der Waals surface area contributed by atoms with Crippen molar-refractivity contribution in [3.63, 3.8) is 0 Å². The highest BCUT2D eigenvalue weighted by molar-refractivity contribution is 6.91. The normalized spacial score (nSPS) is 13.4. The van der Waals surface area contributed by atoms with E-state index < -0.39 is 16.1 Å². The lowest BCUT2D eigenvalue weighted by molar-refractivity contribution is 1.72. The van der Waals surface area contributed by atoms with E-state index in [1.54, 1.807) is 10.4 Å². The summed E-state index contributed by atoms with van der Waals surface area (Å²) in [5.41, 5.74) is 0. The van der Waals surface area contributed by atoms with Gasteiger partial charge in [-0.15, -0.1) is 0 Å². The molecule has 0 bridgehead atoms. The van der Waals surface area contributed by atoms with Crippen molar-refractivity contribution in [3.05, 3.63) is 48.5 Å². The summed E-state index contributed by atoms with van der Waals surface area (Å²) in [6.45, 7) is 14.7. The molecule has 0 heterocycles. The SMILES string of the molecule is C[Si](C)(C)c1ccc2ccc3ccc([Si](C)(C)C)c4ccc1c2c34. The minimum Gasteiger partial charge on any atom is -0.0656 e. The third-order valence-corrected chi connectivity index (χ3v) is 9.38. The molecule has 0 aliphatic carbocycles. The summed E-state index contributed by atoms with van der Waals surface area (Å²) >= 11 is 0. The van der Waals surface area contributed by atoms with E-state index in [9.17, 15) is 0 Å². The fraction of sp³-hybridized carbons (Fsp3) is 0.273. The van der Waals surface area contributed by atoms with Crippen LogP contribution in [0.2, 0.25) is 39.3 Å². The lowest BCUT2D eigenvalue weighted by Crippen LogP contribution is -2.39. The lowest BCUT2D eigenvalue weighted by Gasteiger charge is -2.24. The van der Waals surface area contributed by atoms with Gasteiger partial charge in [0.2, 0.25) is 0 Å². The van der Waals surface area contributed by atoms with Gasteiger partial charge in [0.1, 0.15) is 0 Å². The Kier molecular flexibility index (Phi) is 3.26. The zero-order chi connectivity index (χ0) is 17.3. The van der Waals surface area contributed by atoms with E-state index in [2.05, 4.69) is 87.8 Å². The largest absolute Gasteiger partial charge is 0.0784 e. The zero-order valence-electron chi connectivity index (χ0n) is 15.6. The van der Waals surface area contributed by atoms with Crippen molar-refractivity contribution < 1.29 is 0 Å². The maximum absolute atomic E-state index is 2.45. The van der Waals surface area contributed by atoms with Crippen LogP contribution in [0.3, 0.4) is 0 Å². The van der Waals surface area contributed by atoms with Crippen LogP contribution in [0.1, 0.15) is 0 Å². The summed E-state index contributed by atoms with van der Waals surface area (Å²) in [5.74, 6) is 0. The summed E-state index contributed by atoms with van der Waals surface area (Å²) in [4.78, 5) is 0. The molecule has 4 aromatic carbocycles. The lowest BCUT2D eigenvalue weighted by atomic mass is 9.94. The fourth-order valence-electron chi connectivity index (χ4n) is 4.11. The Labute approximate surface area is 146 Å². The molecule has 0 unspecified atom stereocenters. The van der Waals surface area contributed by atoms with E-state index in [0.717, 1.165) is 0 Å². The zero-order valence-corrected chi connectivity index (χ0v) is 17.6. The average Bonchev–Trinajstić information content (AvgIpc) is 2.50. The molecule has 24 heavy (non-hydrogen) atoms. The van der Waals surface area contributed by atoms with E-state index in [1.165, 1.54) is 32.3 Å². The smallest absolute Gasteiger partial charge is 0.0656 e. The molecular formula is C22H26Si2. The molecule has 0 radical (unpaired) electrons. The van der Waals surface area contributed by atoms with Gasteiger partial charge in [-0.1, -0.05) is 98.2 Å². The summed E-state index contributed by atoms with van der Waals surface area (Å²) in [6, 6.07) is 18.9. The van der Waals surface area contributed by atoms with Gasteiger partial charge >= 0.3 is 0 Å². The topological polar surface area (TPSA) is 0 Å². The number of benzene rings is 4. The molecule has 4 aromatic rings. The monoisotopic (exact) mass is 346 g/mol. The van der Waals surface area contributed by atoms with Crippen LogP contribution in [-0.4, -0.2) is 16.1 Å². The van der Waals surface area contributed by atoms with Crippen molar-refractivity contribution >= 4 is 58.8 Å². The molecular weight excluding hydrogens is 320 g/mol. The predicted molar refractivity (Wildman–Crippen MR) is 116 cm³/mol. The van der Waals surface area contributed by atoms with Gasteiger partial charge in [-0.05, 0) is 32.3 Å². The van der Waals surface area contributed by atoms with E-state index in [0.29, 0.717) is 0 Å². The number of hydrogen-bond acceptors (Lipinski definition) is 0. The van der Waals surface area contributed by atoms with Crippen LogP contribution in [0, 0.1) is 0 Å². The molecule has 0 spiro atoms. The molecule has 122 valence electrons. The number of rotatable bonds is 2. The minimum atomic E-state index is -1.37. The Hall–Kier alpha value is -1.65. The van der Waals surface area contributed by atoms with Crippen LogP contribution < -0.4 is 10.4 Å². The Morgan fingerprint density at radius 2 is 0.792 bits per heavy atom. The second-order valence-corrected chi connectivity index (χ2v) is 19.2. The van der Waals surface area contributed by atoms with Crippen molar-refractivity contribution in [2.45, 2.75) is 39.3 Å². The molecule has 0 aliphatic heterocycles. The van der Waals surface area contributed by atoms with Gasteiger partial charge in [0.25, 0.3) is 0 Å². The summed E-state index contributed by atoms with van der Waals surface area (Å²) in [5, 5.41) is 11.9. The van der Waals surface area contributed by atoms with Gasteiger partial charge in [0.05, 0.1) is 16.1 Å². The van der Waals surface area contributed by atoms with Crippen molar-refractivity contribution in [2.75, 3.05) is 0 Å². The van der Waals surface area contributed by atoms with E-state index in [-0.39, 0.29) is 0 Å². The molecule has 0 atom stereocenters. The molecule has 4 rings (SSSR count). The van der Waals surface area contributed by atoms with Gasteiger partial charge in [-0.2, -0.15) is 0 Å². The van der Waals surface area contributed by atoms with Crippen LogP contribution in [-0.2, 0) is 0 Å². The van der Waals surface area contributed by atoms with Crippen LogP contribution in [0.5, 0.6) is 0 Å². The molecule has 0 aromatic heterocycles. The minimum absolute atomic E-state index is 1.37. The fourth-order valence-corrected chi connectivity index (χ4v) is 7.31. The van der Waals surface area contributed by atoms with Crippen LogP contribution in [0.4, 0.5) is 0 Å². The molecule has 0 N–H and O–H groups in total. The number of hydrogen-bond donors (Lipinski definition) is 0. The van der Waals surface area contributed by atoms with Crippen LogP contribution in [0.25, 0.3) is 32.3 Å². The summed E-state index contributed by atoms with van der Waals surface area (Å²) in [6.07, 6.45) is 0. The maximum Gasteiger partial charge on any atom is 0.0784 e. The van der Waals surface area contributed by atoms with Gasteiger partial charge in [0, 0.05) is 0 Å². The predicted octanol–water partition coefficient (Wildman–Crippen LogP) is 5.67. The average molecular weight is 347 g/mol. The van der Waals surface area contributed by atoms with Crippen molar-refractivity contribution in [2.24, 2.45) is 0 Å². The summed E-state index contributed by atoms with van der Waals surface area (Å²) in [7, 11) is -2.73.